The van der Waals surface area contributed by atoms with Crippen molar-refractivity contribution in [2.24, 2.45) is 0 Å². The molecule has 49 heavy (non-hydrogen) atoms. The highest BCUT2D eigenvalue weighted by atomic mass is 28.3. The van der Waals surface area contributed by atoms with Crippen LogP contribution in [0.1, 0.15) is 62.8 Å². The summed E-state index contributed by atoms with van der Waals surface area (Å²) >= 11 is 0. The first-order valence-corrected chi connectivity index (χ1v) is 21.1. The Kier molecular flexibility index (Phi) is 9.64. The number of hydrogen-bond acceptors (Lipinski definition) is 9. The Morgan fingerprint density at radius 3 is 2.61 bits per heavy atom. The van der Waals surface area contributed by atoms with Gasteiger partial charge in [0.15, 0.2) is 5.65 Å². The Labute approximate surface area is 290 Å². The molecule has 4 aromatic heterocycles. The molecule has 12 nitrogen and oxygen atoms in total. The predicted molar refractivity (Wildman–Crippen MR) is 194 cm³/mol. The quantitative estimate of drug-likeness (QED) is 0.148. The van der Waals surface area contributed by atoms with Crippen LogP contribution in [0.5, 0.6) is 0 Å². The average molecular weight is 689 g/mol. The Morgan fingerprint density at radius 1 is 1.12 bits per heavy atom. The second-order valence-electron chi connectivity index (χ2n) is 15.9. The molecule has 1 saturated heterocycles. The van der Waals surface area contributed by atoms with Crippen LogP contribution in [0.3, 0.4) is 0 Å². The summed E-state index contributed by atoms with van der Waals surface area (Å²) in [6.07, 6.45) is 5.32. The summed E-state index contributed by atoms with van der Waals surface area (Å²) < 4.78 is 22.1. The number of nitrogens with zero attached hydrogens (tertiary/aromatic N) is 8. The molecule has 1 atom stereocenters. The molecule has 6 heterocycles. The van der Waals surface area contributed by atoms with Crippen molar-refractivity contribution in [3.8, 4) is 22.5 Å². The van der Waals surface area contributed by atoms with Gasteiger partial charge in [-0.15, -0.1) is 0 Å². The van der Waals surface area contributed by atoms with Gasteiger partial charge in [-0.3, -0.25) is 0 Å². The van der Waals surface area contributed by atoms with Crippen LogP contribution in [0.4, 0.5) is 10.6 Å². The van der Waals surface area contributed by atoms with E-state index in [0.29, 0.717) is 46.2 Å². The van der Waals surface area contributed by atoms with Gasteiger partial charge in [-0.05, 0) is 63.8 Å². The van der Waals surface area contributed by atoms with E-state index in [1.54, 1.807) is 11.2 Å². The maximum atomic E-state index is 12.9. The summed E-state index contributed by atoms with van der Waals surface area (Å²) in [5, 5.41) is 9.76. The molecule has 0 aliphatic carbocycles. The molecule has 4 aromatic rings. The number of anilines is 1. The van der Waals surface area contributed by atoms with E-state index in [-0.39, 0.29) is 18.1 Å². The molecular formula is C36H52N8O4Si. The first-order valence-electron chi connectivity index (χ1n) is 17.4. The minimum absolute atomic E-state index is 0.0101. The van der Waals surface area contributed by atoms with Crippen molar-refractivity contribution in [1.82, 2.24) is 34.3 Å². The highest BCUT2D eigenvalue weighted by Crippen LogP contribution is 2.40. The van der Waals surface area contributed by atoms with Crippen molar-refractivity contribution in [2.75, 3.05) is 37.7 Å². The SMILES string of the molecule is Cc1c(-c2c(C(C)C)c(-c3cnc4c(c3)COCC3CN(C(=O)OC(C)(C)C)CCN43)nn2COCC[Si](C)(C)C)cn2ncnc2c1C. The second-order valence-corrected chi connectivity index (χ2v) is 21.6. The third-order valence-electron chi connectivity index (χ3n) is 9.35. The number of rotatable bonds is 8. The number of ether oxygens (including phenoxy) is 3. The molecule has 13 heteroatoms. The second kappa shape index (κ2) is 13.5. The number of carbonyl (C=O) groups is 1. The molecule has 1 amide bonds. The van der Waals surface area contributed by atoms with E-state index in [2.05, 4.69) is 74.6 Å². The minimum Gasteiger partial charge on any atom is -0.444 e. The van der Waals surface area contributed by atoms with Crippen LogP contribution in [0, 0.1) is 13.8 Å². The molecule has 0 bridgehead atoms. The van der Waals surface area contributed by atoms with Gasteiger partial charge in [0.1, 0.15) is 24.5 Å². The van der Waals surface area contributed by atoms with Crippen LogP contribution in [0.2, 0.25) is 25.7 Å². The lowest BCUT2D eigenvalue weighted by Gasteiger charge is -2.41. The van der Waals surface area contributed by atoms with E-state index in [1.807, 2.05) is 36.2 Å². The molecule has 2 aliphatic rings. The largest absolute Gasteiger partial charge is 0.444 e. The fourth-order valence-electron chi connectivity index (χ4n) is 6.65. The lowest BCUT2D eigenvalue weighted by molar-refractivity contribution is 0.0172. The van der Waals surface area contributed by atoms with Crippen LogP contribution in [0.15, 0.2) is 24.8 Å². The fraction of sp³-hybridized carbons (Fsp3) is 0.583. The van der Waals surface area contributed by atoms with Crippen molar-refractivity contribution >= 4 is 25.6 Å². The monoisotopic (exact) mass is 688 g/mol. The van der Waals surface area contributed by atoms with E-state index >= 15 is 0 Å². The van der Waals surface area contributed by atoms with Gasteiger partial charge >= 0.3 is 6.09 Å². The molecular weight excluding hydrogens is 637 g/mol. The van der Waals surface area contributed by atoms with E-state index in [9.17, 15) is 4.79 Å². The van der Waals surface area contributed by atoms with Crippen molar-refractivity contribution in [3.63, 3.8) is 0 Å². The summed E-state index contributed by atoms with van der Waals surface area (Å²) in [4.78, 5) is 26.5. The molecule has 264 valence electrons. The van der Waals surface area contributed by atoms with Crippen molar-refractivity contribution in [3.05, 3.63) is 47.0 Å². The van der Waals surface area contributed by atoms with Gasteiger partial charge in [0.05, 0.1) is 30.6 Å². The summed E-state index contributed by atoms with van der Waals surface area (Å²) in [7, 11) is -1.26. The fourth-order valence-corrected chi connectivity index (χ4v) is 7.41. The first kappa shape index (κ1) is 35.0. The smallest absolute Gasteiger partial charge is 0.410 e. The maximum Gasteiger partial charge on any atom is 0.410 e. The Bertz CT molecular complexity index is 1840. The summed E-state index contributed by atoms with van der Waals surface area (Å²) in [5.74, 6) is 1.06. The van der Waals surface area contributed by atoms with Gasteiger partial charge in [-0.2, -0.15) is 10.2 Å². The number of aryl methyl sites for hydroxylation is 1. The number of aromatic nitrogens is 6. The molecule has 0 aromatic carbocycles. The Hall–Kier alpha value is -3.81. The van der Waals surface area contributed by atoms with Crippen molar-refractivity contribution in [2.45, 2.75) is 105 Å². The number of carbonyl (C=O) groups excluding carboxylic acids is 1. The summed E-state index contributed by atoms with van der Waals surface area (Å²) in [6, 6.07) is 3.25. The first-order chi connectivity index (χ1) is 23.1. The zero-order valence-electron chi connectivity index (χ0n) is 30.8. The van der Waals surface area contributed by atoms with E-state index in [0.717, 1.165) is 62.3 Å². The molecule has 0 radical (unpaired) electrons. The molecule has 0 spiro atoms. The zero-order chi connectivity index (χ0) is 35.2. The van der Waals surface area contributed by atoms with E-state index in [4.69, 9.17) is 24.3 Å². The number of fused-ring (bicyclic) bond motifs is 4. The van der Waals surface area contributed by atoms with Crippen LogP contribution in [-0.2, 0) is 27.5 Å². The molecule has 1 unspecified atom stereocenters. The van der Waals surface area contributed by atoms with E-state index in [1.165, 1.54) is 0 Å². The minimum atomic E-state index is -1.26. The predicted octanol–water partition coefficient (Wildman–Crippen LogP) is 6.66. The van der Waals surface area contributed by atoms with Gasteiger partial charge < -0.3 is 24.0 Å². The summed E-state index contributed by atoms with van der Waals surface area (Å²) in [6.45, 7) is 25.1. The molecule has 6 rings (SSSR count). The van der Waals surface area contributed by atoms with Crippen molar-refractivity contribution < 1.29 is 19.0 Å². The number of pyridine rings is 2. The number of piperazine rings is 1. The zero-order valence-corrected chi connectivity index (χ0v) is 31.8. The average Bonchev–Trinajstić information content (AvgIpc) is 3.60. The van der Waals surface area contributed by atoms with Crippen LogP contribution in [0.25, 0.3) is 28.2 Å². The van der Waals surface area contributed by atoms with E-state index < -0.39 is 13.7 Å². The van der Waals surface area contributed by atoms with Gasteiger partial charge in [-0.1, -0.05) is 33.5 Å². The Morgan fingerprint density at radius 2 is 1.90 bits per heavy atom. The van der Waals surface area contributed by atoms with Crippen molar-refractivity contribution in [1.29, 1.82) is 0 Å². The number of hydrogen-bond donors (Lipinski definition) is 0. The lowest BCUT2D eigenvalue weighted by Crippen LogP contribution is -2.57. The van der Waals surface area contributed by atoms with Crippen LogP contribution in [-0.4, -0.2) is 92.9 Å². The molecule has 0 N–H and O–H groups in total. The highest BCUT2D eigenvalue weighted by molar-refractivity contribution is 6.76. The molecule has 2 aliphatic heterocycles. The highest BCUT2D eigenvalue weighted by Gasteiger charge is 2.36. The van der Waals surface area contributed by atoms with Crippen LogP contribution < -0.4 is 4.90 Å². The molecule has 1 fully saturated rings. The van der Waals surface area contributed by atoms with Gasteiger partial charge in [0.25, 0.3) is 0 Å². The third-order valence-corrected chi connectivity index (χ3v) is 11.1. The normalized spacial score (nSPS) is 17.0. The van der Waals surface area contributed by atoms with Gasteiger partial charge in [0, 0.05) is 69.0 Å². The van der Waals surface area contributed by atoms with Crippen LogP contribution >= 0.6 is 0 Å². The van der Waals surface area contributed by atoms with Gasteiger partial charge in [0.2, 0.25) is 0 Å². The third kappa shape index (κ3) is 7.39. The number of amides is 1. The lowest BCUT2D eigenvalue weighted by atomic mass is 9.92. The standard InChI is InChI=1S/C36H52N8O4Si/c1-23(2)30-31(26-15-27-19-47-20-28-17-41(35(45)48-36(5,6)7)11-12-42(28)34(27)37-16-26)40-44(22-46-13-14-49(8,9)10)32(30)29-18-43-33(38-21-39-43)25(4)24(29)3/h15-16,18,21,23,28H,11-14,17,19-20,22H2,1-10H3. The summed E-state index contributed by atoms with van der Waals surface area (Å²) in [5.41, 5.74) is 8.60. The Balaban J connectivity index is 1.38. The topological polar surface area (TPSA) is 112 Å². The molecule has 0 saturated carbocycles. The maximum absolute atomic E-state index is 12.9. The van der Waals surface area contributed by atoms with Gasteiger partial charge in [-0.25, -0.2) is 24.0 Å².